The molecule has 1 amide bonds. The van der Waals surface area contributed by atoms with Crippen LogP contribution in [0.15, 0.2) is 42.6 Å². The van der Waals surface area contributed by atoms with Gasteiger partial charge in [0.2, 0.25) is 0 Å². The molecule has 0 saturated heterocycles. The molecular formula is C14H12N2O4. The molecule has 0 radical (unpaired) electrons. The first-order valence-corrected chi connectivity index (χ1v) is 5.82. The Hall–Kier alpha value is -2.89. The van der Waals surface area contributed by atoms with Crippen LogP contribution in [-0.4, -0.2) is 27.1 Å². The number of carbonyl (C=O) groups is 2. The van der Waals surface area contributed by atoms with E-state index in [-0.39, 0.29) is 23.6 Å². The number of carboxylic acids is 1. The third-order valence-electron chi connectivity index (χ3n) is 2.66. The first kappa shape index (κ1) is 13.5. The molecule has 0 fully saturated rings. The second-order valence-corrected chi connectivity index (χ2v) is 4.06. The summed E-state index contributed by atoms with van der Waals surface area (Å²) in [4.78, 5) is 26.3. The predicted octanol–water partition coefficient (Wildman–Crippen LogP) is 1.42. The fourth-order valence-electron chi connectivity index (χ4n) is 1.60. The molecule has 2 rings (SSSR count). The number of amides is 1. The highest BCUT2D eigenvalue weighted by molar-refractivity contribution is 5.94. The number of hydrogen-bond donors (Lipinski definition) is 3. The van der Waals surface area contributed by atoms with E-state index in [1.165, 1.54) is 30.5 Å². The van der Waals surface area contributed by atoms with Gasteiger partial charge in [0.1, 0.15) is 5.75 Å². The van der Waals surface area contributed by atoms with Crippen molar-refractivity contribution in [2.45, 2.75) is 6.54 Å². The van der Waals surface area contributed by atoms with Gasteiger partial charge in [0.05, 0.1) is 5.56 Å². The molecule has 0 spiro atoms. The van der Waals surface area contributed by atoms with Gasteiger partial charge in [0.25, 0.3) is 5.91 Å². The molecule has 1 heterocycles. The van der Waals surface area contributed by atoms with Gasteiger partial charge >= 0.3 is 5.97 Å². The Labute approximate surface area is 114 Å². The summed E-state index contributed by atoms with van der Waals surface area (Å²) in [6.45, 7) is 0.217. The number of aromatic hydroxyl groups is 1. The van der Waals surface area contributed by atoms with Gasteiger partial charge in [-0.3, -0.25) is 4.79 Å². The van der Waals surface area contributed by atoms with Crippen molar-refractivity contribution in [3.8, 4) is 5.75 Å². The van der Waals surface area contributed by atoms with Gasteiger partial charge in [-0.1, -0.05) is 12.1 Å². The predicted molar refractivity (Wildman–Crippen MR) is 70.5 cm³/mol. The fraction of sp³-hybridized carbons (Fsp3) is 0.0714. The monoisotopic (exact) mass is 272 g/mol. The van der Waals surface area contributed by atoms with Crippen molar-refractivity contribution in [2.75, 3.05) is 0 Å². The van der Waals surface area contributed by atoms with E-state index in [4.69, 9.17) is 5.11 Å². The molecule has 3 N–H and O–H groups in total. The number of nitrogens with zero attached hydrogens (tertiary/aromatic N) is 1. The normalized spacial score (nSPS) is 10.0. The molecule has 20 heavy (non-hydrogen) atoms. The van der Waals surface area contributed by atoms with E-state index in [0.717, 1.165) is 5.56 Å². The average molecular weight is 272 g/mol. The summed E-state index contributed by atoms with van der Waals surface area (Å²) in [5, 5.41) is 20.9. The van der Waals surface area contributed by atoms with Gasteiger partial charge in [-0.15, -0.1) is 0 Å². The molecule has 0 bridgehead atoms. The van der Waals surface area contributed by atoms with Crippen molar-refractivity contribution < 1.29 is 19.8 Å². The quantitative estimate of drug-likeness (QED) is 0.781. The Morgan fingerprint density at radius 1 is 1.15 bits per heavy atom. The van der Waals surface area contributed by atoms with Crippen LogP contribution in [0.1, 0.15) is 26.4 Å². The number of carboxylic acid groups (broad SMARTS) is 1. The minimum Gasteiger partial charge on any atom is -0.505 e. The molecule has 102 valence electrons. The highest BCUT2D eigenvalue weighted by Gasteiger charge is 2.11. The maximum absolute atomic E-state index is 11.8. The highest BCUT2D eigenvalue weighted by atomic mass is 16.4. The van der Waals surface area contributed by atoms with E-state index in [1.54, 1.807) is 12.1 Å². The number of nitrogens with one attached hydrogen (secondary N) is 1. The smallest absolute Gasteiger partial charge is 0.335 e. The summed E-state index contributed by atoms with van der Waals surface area (Å²) in [5.74, 6) is -1.68. The Morgan fingerprint density at radius 3 is 2.45 bits per heavy atom. The molecule has 0 aliphatic carbocycles. The zero-order valence-electron chi connectivity index (χ0n) is 10.4. The molecule has 0 unspecified atom stereocenters. The summed E-state index contributed by atoms with van der Waals surface area (Å²) in [6, 6.07) is 9.05. The third kappa shape index (κ3) is 3.11. The first-order valence-electron chi connectivity index (χ1n) is 5.82. The molecule has 6 heteroatoms. The van der Waals surface area contributed by atoms with Gasteiger partial charge in [-0.05, 0) is 29.8 Å². The minimum atomic E-state index is -1.00. The van der Waals surface area contributed by atoms with E-state index in [9.17, 15) is 14.7 Å². The first-order chi connectivity index (χ1) is 9.58. The van der Waals surface area contributed by atoms with Crippen LogP contribution < -0.4 is 5.32 Å². The lowest BCUT2D eigenvalue weighted by Crippen LogP contribution is -2.23. The fourth-order valence-corrected chi connectivity index (χ4v) is 1.60. The van der Waals surface area contributed by atoms with E-state index in [1.807, 2.05) is 0 Å². The minimum absolute atomic E-state index is 0.0466. The Morgan fingerprint density at radius 2 is 1.85 bits per heavy atom. The van der Waals surface area contributed by atoms with Gasteiger partial charge in [-0.25, -0.2) is 9.78 Å². The largest absolute Gasteiger partial charge is 0.505 e. The number of pyridine rings is 1. The van der Waals surface area contributed by atoms with E-state index in [0.29, 0.717) is 0 Å². The number of aromatic carboxylic acids is 1. The Bertz CT molecular complexity index is 638. The van der Waals surface area contributed by atoms with Crippen molar-refractivity contribution in [1.82, 2.24) is 10.3 Å². The van der Waals surface area contributed by atoms with E-state index in [2.05, 4.69) is 10.3 Å². The van der Waals surface area contributed by atoms with Crippen LogP contribution in [0.2, 0.25) is 0 Å². The number of rotatable bonds is 4. The number of hydrogen-bond acceptors (Lipinski definition) is 4. The molecule has 0 aliphatic heterocycles. The van der Waals surface area contributed by atoms with Crippen LogP contribution in [0.3, 0.4) is 0 Å². The topological polar surface area (TPSA) is 99.5 Å². The summed E-state index contributed by atoms with van der Waals surface area (Å²) in [7, 11) is 0. The molecule has 6 nitrogen and oxygen atoms in total. The lowest BCUT2D eigenvalue weighted by molar-refractivity contribution is 0.0696. The Balaban J connectivity index is 2.00. The van der Waals surface area contributed by atoms with Crippen molar-refractivity contribution in [1.29, 1.82) is 0 Å². The van der Waals surface area contributed by atoms with Crippen LogP contribution in [0.25, 0.3) is 0 Å². The summed E-state index contributed by atoms with van der Waals surface area (Å²) < 4.78 is 0. The van der Waals surface area contributed by atoms with Crippen LogP contribution in [0, 0.1) is 0 Å². The molecule has 1 aromatic carbocycles. The van der Waals surface area contributed by atoms with Crippen molar-refractivity contribution in [3.63, 3.8) is 0 Å². The van der Waals surface area contributed by atoms with Crippen LogP contribution in [0.5, 0.6) is 5.75 Å². The lowest BCUT2D eigenvalue weighted by Gasteiger charge is -2.06. The second kappa shape index (κ2) is 5.83. The van der Waals surface area contributed by atoms with Crippen LogP contribution in [0.4, 0.5) is 0 Å². The number of benzene rings is 1. The molecular weight excluding hydrogens is 260 g/mol. The van der Waals surface area contributed by atoms with Crippen LogP contribution >= 0.6 is 0 Å². The maximum Gasteiger partial charge on any atom is 0.335 e. The van der Waals surface area contributed by atoms with Crippen molar-refractivity contribution in [2.24, 2.45) is 0 Å². The van der Waals surface area contributed by atoms with Gasteiger partial charge < -0.3 is 15.5 Å². The average Bonchev–Trinajstić information content (AvgIpc) is 2.45. The summed E-state index contributed by atoms with van der Waals surface area (Å²) in [6.07, 6.45) is 1.41. The standard InChI is InChI=1S/C14H12N2O4/c17-11-2-1-7-15-12(11)13(18)16-8-9-3-5-10(6-4-9)14(19)20/h1-7,17H,8H2,(H,16,18)(H,19,20). The Kier molecular flexibility index (Phi) is 3.95. The third-order valence-corrected chi connectivity index (χ3v) is 2.66. The van der Waals surface area contributed by atoms with Crippen molar-refractivity contribution >= 4 is 11.9 Å². The summed E-state index contributed by atoms with van der Waals surface area (Å²) >= 11 is 0. The maximum atomic E-state index is 11.8. The molecule has 2 aromatic rings. The molecule has 1 aromatic heterocycles. The van der Waals surface area contributed by atoms with E-state index < -0.39 is 11.9 Å². The highest BCUT2D eigenvalue weighted by Crippen LogP contribution is 2.12. The molecule has 0 atom stereocenters. The van der Waals surface area contributed by atoms with Gasteiger partial charge in [-0.2, -0.15) is 0 Å². The number of aromatic nitrogens is 1. The van der Waals surface area contributed by atoms with E-state index >= 15 is 0 Å². The van der Waals surface area contributed by atoms with Crippen molar-refractivity contribution in [3.05, 3.63) is 59.4 Å². The zero-order valence-corrected chi connectivity index (χ0v) is 10.4. The van der Waals surface area contributed by atoms with Gasteiger partial charge in [0.15, 0.2) is 5.69 Å². The number of carbonyl (C=O) groups excluding carboxylic acids is 1. The molecule has 0 saturated carbocycles. The van der Waals surface area contributed by atoms with Gasteiger partial charge in [0, 0.05) is 12.7 Å². The summed E-state index contributed by atoms with van der Waals surface area (Å²) in [5.41, 5.74) is 0.885. The lowest BCUT2D eigenvalue weighted by atomic mass is 10.1. The van der Waals surface area contributed by atoms with Crippen LogP contribution in [-0.2, 0) is 6.54 Å². The zero-order chi connectivity index (χ0) is 14.5. The molecule has 0 aliphatic rings. The SMILES string of the molecule is O=C(O)c1ccc(CNC(=O)c2ncccc2O)cc1. The second-order valence-electron chi connectivity index (χ2n) is 4.06.